The van der Waals surface area contributed by atoms with E-state index in [0.717, 1.165) is 10.7 Å². The summed E-state index contributed by atoms with van der Waals surface area (Å²) < 4.78 is 5.24. The largest absolute Gasteiger partial charge is 0.463 e. The quantitative estimate of drug-likeness (QED) is 0.779. The van der Waals surface area contributed by atoms with Crippen LogP contribution in [0.25, 0.3) is 0 Å². The first-order valence-corrected chi connectivity index (χ1v) is 6.43. The van der Waals surface area contributed by atoms with Crippen molar-refractivity contribution in [2.75, 3.05) is 13.6 Å². The first-order chi connectivity index (χ1) is 8.87. The molecule has 0 aromatic carbocycles. The molecule has 1 rings (SSSR count). The minimum absolute atomic E-state index is 0.0619. The average molecular weight is 264 g/mol. The monoisotopic (exact) mass is 264 g/mol. The number of hydrogen-bond donors (Lipinski definition) is 2. The van der Waals surface area contributed by atoms with Gasteiger partial charge >= 0.3 is 0 Å². The van der Waals surface area contributed by atoms with E-state index in [2.05, 4.69) is 11.4 Å². The standard InChI is InChI=1S/C14H21N3O2/c1-11(2)14(3,10-15)16-13(18)9-17(4)8-12-6-5-7-19-12/h5-7,11H,8-9H2,1-4H3,(H,16,18)/p+1/t14-/m0/s1. The van der Waals surface area contributed by atoms with Crippen molar-refractivity contribution in [3.63, 3.8) is 0 Å². The second-order valence-electron chi connectivity index (χ2n) is 5.41. The Morgan fingerprint density at radius 1 is 1.63 bits per heavy atom. The molecule has 0 aliphatic heterocycles. The highest BCUT2D eigenvalue weighted by Crippen LogP contribution is 2.14. The smallest absolute Gasteiger partial charge is 0.276 e. The second-order valence-corrected chi connectivity index (χ2v) is 5.41. The highest BCUT2D eigenvalue weighted by atomic mass is 16.3. The number of nitriles is 1. The van der Waals surface area contributed by atoms with Crippen molar-refractivity contribution < 1.29 is 14.1 Å². The first kappa shape index (κ1) is 15.3. The Hall–Kier alpha value is -1.80. The first-order valence-electron chi connectivity index (χ1n) is 6.43. The molecule has 1 unspecified atom stereocenters. The van der Waals surface area contributed by atoms with E-state index in [1.165, 1.54) is 0 Å². The number of nitrogens with zero attached hydrogens (tertiary/aromatic N) is 1. The van der Waals surface area contributed by atoms with E-state index in [9.17, 15) is 4.79 Å². The molecule has 0 fully saturated rings. The third-order valence-corrected chi connectivity index (χ3v) is 3.30. The molecule has 1 aromatic heterocycles. The number of rotatable bonds is 6. The molecule has 0 saturated heterocycles. The number of nitrogens with one attached hydrogen (secondary N) is 2. The third-order valence-electron chi connectivity index (χ3n) is 3.30. The highest BCUT2D eigenvalue weighted by molar-refractivity contribution is 5.78. The summed E-state index contributed by atoms with van der Waals surface area (Å²) in [5.74, 6) is 0.783. The van der Waals surface area contributed by atoms with Crippen LogP contribution in [0.5, 0.6) is 0 Å². The van der Waals surface area contributed by atoms with Gasteiger partial charge in [0.2, 0.25) is 0 Å². The molecule has 19 heavy (non-hydrogen) atoms. The lowest BCUT2D eigenvalue weighted by Crippen LogP contribution is -3.09. The predicted molar refractivity (Wildman–Crippen MR) is 71.2 cm³/mol. The van der Waals surface area contributed by atoms with Crippen LogP contribution in [0.1, 0.15) is 26.5 Å². The van der Waals surface area contributed by atoms with Crippen LogP contribution >= 0.6 is 0 Å². The minimum atomic E-state index is -0.817. The Morgan fingerprint density at radius 3 is 2.79 bits per heavy atom. The summed E-state index contributed by atoms with van der Waals surface area (Å²) in [6.07, 6.45) is 1.62. The van der Waals surface area contributed by atoms with Crippen molar-refractivity contribution in [1.82, 2.24) is 5.32 Å². The molecular weight excluding hydrogens is 242 g/mol. The van der Waals surface area contributed by atoms with E-state index in [0.29, 0.717) is 13.1 Å². The summed E-state index contributed by atoms with van der Waals surface area (Å²) >= 11 is 0. The average Bonchev–Trinajstić information content (AvgIpc) is 2.80. The minimum Gasteiger partial charge on any atom is -0.463 e. The molecule has 0 radical (unpaired) electrons. The summed E-state index contributed by atoms with van der Waals surface area (Å²) in [5.41, 5.74) is -0.817. The van der Waals surface area contributed by atoms with Crippen LogP contribution in [0.4, 0.5) is 0 Å². The van der Waals surface area contributed by atoms with Crippen molar-refractivity contribution in [3.05, 3.63) is 24.2 Å². The van der Waals surface area contributed by atoms with E-state index in [1.807, 2.05) is 33.0 Å². The second kappa shape index (κ2) is 6.39. The zero-order valence-electron chi connectivity index (χ0n) is 12.0. The number of carbonyl (C=O) groups excluding carboxylic acids is 1. The van der Waals surface area contributed by atoms with Crippen molar-refractivity contribution >= 4 is 5.91 Å². The Bertz CT molecular complexity index is 448. The molecule has 0 saturated carbocycles. The van der Waals surface area contributed by atoms with Gasteiger partial charge in [-0.1, -0.05) is 13.8 Å². The van der Waals surface area contributed by atoms with Crippen LogP contribution in [-0.2, 0) is 11.3 Å². The third kappa shape index (κ3) is 4.42. The van der Waals surface area contributed by atoms with Crippen LogP contribution < -0.4 is 10.2 Å². The van der Waals surface area contributed by atoms with Gasteiger partial charge in [0.1, 0.15) is 12.1 Å². The molecule has 2 atom stereocenters. The van der Waals surface area contributed by atoms with Crippen molar-refractivity contribution in [2.24, 2.45) is 5.92 Å². The SMILES string of the molecule is CC(C)[C@](C)(C#N)NC(=O)C[NH+](C)Cc1ccco1. The lowest BCUT2D eigenvalue weighted by atomic mass is 9.90. The van der Waals surface area contributed by atoms with E-state index >= 15 is 0 Å². The Kier molecular flexibility index (Phi) is 5.13. The number of amides is 1. The fraction of sp³-hybridized carbons (Fsp3) is 0.571. The van der Waals surface area contributed by atoms with E-state index in [1.54, 1.807) is 13.2 Å². The van der Waals surface area contributed by atoms with Gasteiger partial charge in [0, 0.05) is 0 Å². The molecule has 2 N–H and O–H groups in total. The maximum atomic E-state index is 11.9. The molecule has 5 nitrogen and oxygen atoms in total. The van der Waals surface area contributed by atoms with Gasteiger partial charge in [-0.15, -0.1) is 0 Å². The maximum absolute atomic E-state index is 11.9. The van der Waals surface area contributed by atoms with Crippen LogP contribution in [0.3, 0.4) is 0 Å². The molecule has 104 valence electrons. The summed E-state index contributed by atoms with van der Waals surface area (Å²) in [6.45, 7) is 6.54. The van der Waals surface area contributed by atoms with Gasteiger partial charge in [-0.2, -0.15) is 5.26 Å². The van der Waals surface area contributed by atoms with Gasteiger partial charge in [-0.05, 0) is 25.0 Å². The number of furan rings is 1. The zero-order chi connectivity index (χ0) is 14.5. The van der Waals surface area contributed by atoms with Crippen molar-refractivity contribution in [1.29, 1.82) is 5.26 Å². The lowest BCUT2D eigenvalue weighted by molar-refractivity contribution is -0.886. The predicted octanol–water partition coefficient (Wildman–Crippen LogP) is 0.349. The number of hydrogen-bond acceptors (Lipinski definition) is 3. The molecule has 0 bridgehead atoms. The number of likely N-dealkylation sites (N-methyl/N-ethyl adjacent to an activating group) is 1. The highest BCUT2D eigenvalue weighted by Gasteiger charge is 2.30. The zero-order valence-corrected chi connectivity index (χ0v) is 12.0. The van der Waals surface area contributed by atoms with E-state index < -0.39 is 5.54 Å². The van der Waals surface area contributed by atoms with Crippen molar-refractivity contribution in [3.8, 4) is 6.07 Å². The van der Waals surface area contributed by atoms with Crippen molar-refractivity contribution in [2.45, 2.75) is 32.9 Å². The van der Waals surface area contributed by atoms with Gasteiger partial charge in [0.15, 0.2) is 12.3 Å². The molecule has 1 aromatic rings. The molecule has 5 heteroatoms. The van der Waals surface area contributed by atoms with Gasteiger partial charge in [-0.3, -0.25) is 4.79 Å². The Balaban J connectivity index is 2.49. The van der Waals surface area contributed by atoms with Crippen LogP contribution in [0.2, 0.25) is 0 Å². The van der Waals surface area contributed by atoms with Gasteiger partial charge in [-0.25, -0.2) is 0 Å². The fourth-order valence-corrected chi connectivity index (χ4v) is 1.68. The number of carbonyl (C=O) groups is 1. The Morgan fingerprint density at radius 2 is 2.32 bits per heavy atom. The summed E-state index contributed by atoms with van der Waals surface area (Å²) in [7, 11) is 1.92. The molecule has 0 aliphatic rings. The summed E-state index contributed by atoms with van der Waals surface area (Å²) in [6, 6.07) is 5.88. The molecule has 1 amide bonds. The topological polar surface area (TPSA) is 70.5 Å². The summed E-state index contributed by atoms with van der Waals surface area (Å²) in [4.78, 5) is 13.0. The van der Waals surface area contributed by atoms with E-state index in [4.69, 9.17) is 9.68 Å². The Labute approximate surface area is 114 Å². The van der Waals surface area contributed by atoms with Crippen LogP contribution in [-0.4, -0.2) is 25.0 Å². The number of quaternary nitrogens is 1. The van der Waals surface area contributed by atoms with Gasteiger partial charge in [0.05, 0.1) is 19.4 Å². The molecular formula is C14H22N3O2+. The van der Waals surface area contributed by atoms with E-state index in [-0.39, 0.29) is 11.8 Å². The van der Waals surface area contributed by atoms with Crippen LogP contribution in [0.15, 0.2) is 22.8 Å². The normalized spacial score (nSPS) is 15.6. The summed E-state index contributed by atoms with van der Waals surface area (Å²) in [5, 5.41) is 12.0. The molecule has 1 heterocycles. The molecule has 0 aliphatic carbocycles. The maximum Gasteiger partial charge on any atom is 0.276 e. The van der Waals surface area contributed by atoms with Gasteiger partial charge < -0.3 is 14.6 Å². The lowest BCUT2D eigenvalue weighted by Gasteiger charge is -2.27. The fourth-order valence-electron chi connectivity index (χ4n) is 1.68. The van der Waals surface area contributed by atoms with Gasteiger partial charge in [0.25, 0.3) is 5.91 Å². The van der Waals surface area contributed by atoms with Crippen LogP contribution in [0, 0.1) is 17.2 Å². The molecule has 0 spiro atoms.